The molecule has 7 nitrogen and oxygen atoms in total. The number of benzene rings is 2. The molecular weight excluding hydrogens is 433 g/mol. The molecule has 1 aliphatic rings. The maximum absolute atomic E-state index is 14.4. The third kappa shape index (κ3) is 4.85. The van der Waals surface area contributed by atoms with Gasteiger partial charge in [0.05, 0.1) is 42.6 Å². The Hall–Kier alpha value is -3.15. The third-order valence-corrected chi connectivity index (χ3v) is 5.89. The first-order valence-corrected chi connectivity index (χ1v) is 10.7. The van der Waals surface area contributed by atoms with Gasteiger partial charge in [-0.25, -0.2) is 14.4 Å². The van der Waals surface area contributed by atoms with E-state index in [1.807, 2.05) is 6.07 Å². The molecule has 0 atom stereocenters. The van der Waals surface area contributed by atoms with Gasteiger partial charge in [0.2, 0.25) is 0 Å². The van der Waals surface area contributed by atoms with E-state index < -0.39 is 5.82 Å². The second-order valence-corrected chi connectivity index (χ2v) is 8.06. The number of hydrogen-bond acceptors (Lipinski definition) is 7. The van der Waals surface area contributed by atoms with Crippen LogP contribution in [-0.2, 0) is 0 Å². The first-order chi connectivity index (χ1) is 15.6. The van der Waals surface area contributed by atoms with Crippen molar-refractivity contribution in [3.63, 3.8) is 0 Å². The van der Waals surface area contributed by atoms with Gasteiger partial charge in [0.25, 0.3) is 0 Å². The van der Waals surface area contributed by atoms with Crippen molar-refractivity contribution in [1.29, 1.82) is 5.26 Å². The van der Waals surface area contributed by atoms with Gasteiger partial charge in [-0.1, -0.05) is 17.7 Å². The number of nitrogens with one attached hydrogen (secondary N) is 1. The summed E-state index contributed by atoms with van der Waals surface area (Å²) in [5.74, 6) is 1.43. The lowest BCUT2D eigenvalue weighted by Crippen LogP contribution is -2.35. The van der Waals surface area contributed by atoms with Gasteiger partial charge in [-0.3, -0.25) is 4.90 Å². The quantitative estimate of drug-likeness (QED) is 0.513. The number of anilines is 2. The summed E-state index contributed by atoms with van der Waals surface area (Å²) in [6.07, 6.45) is 3.35. The fourth-order valence-electron chi connectivity index (χ4n) is 3.78. The fourth-order valence-corrected chi connectivity index (χ4v) is 3.96. The van der Waals surface area contributed by atoms with Gasteiger partial charge >= 0.3 is 0 Å². The zero-order valence-corrected chi connectivity index (χ0v) is 18.4. The van der Waals surface area contributed by atoms with Gasteiger partial charge < -0.3 is 14.8 Å². The van der Waals surface area contributed by atoms with Gasteiger partial charge in [-0.2, -0.15) is 5.26 Å². The number of halogens is 2. The molecular formula is C23H23ClFN5O2. The molecule has 0 bridgehead atoms. The molecule has 1 saturated heterocycles. The topological polar surface area (TPSA) is 83.3 Å². The summed E-state index contributed by atoms with van der Waals surface area (Å²) < 4.78 is 26.0. The molecule has 1 N–H and O–H groups in total. The van der Waals surface area contributed by atoms with Crippen LogP contribution in [-0.4, -0.2) is 48.2 Å². The largest absolute Gasteiger partial charge is 0.493 e. The van der Waals surface area contributed by atoms with Crippen molar-refractivity contribution in [3.8, 4) is 17.6 Å². The number of aromatic nitrogens is 2. The van der Waals surface area contributed by atoms with Crippen molar-refractivity contribution in [2.45, 2.75) is 12.8 Å². The van der Waals surface area contributed by atoms with Crippen molar-refractivity contribution in [2.24, 2.45) is 5.92 Å². The van der Waals surface area contributed by atoms with Crippen LogP contribution in [0.4, 0.5) is 15.9 Å². The molecule has 0 aliphatic carbocycles. The van der Waals surface area contributed by atoms with E-state index in [-0.39, 0.29) is 10.7 Å². The van der Waals surface area contributed by atoms with Crippen molar-refractivity contribution in [1.82, 2.24) is 14.9 Å². The molecule has 0 spiro atoms. The fraction of sp³-hybridized carbons (Fsp3) is 0.348. The number of methoxy groups -OCH3 is 1. The Labute approximate surface area is 190 Å². The number of rotatable bonds is 7. The highest BCUT2D eigenvalue weighted by Crippen LogP contribution is 2.36. The van der Waals surface area contributed by atoms with Gasteiger partial charge in [-0.15, -0.1) is 0 Å². The van der Waals surface area contributed by atoms with Crippen molar-refractivity contribution >= 4 is 34.0 Å². The standard InChI is InChI=1S/C23H23ClFN5O2/c1-31-20-12-19-16(11-21(20)32-13-15-5-8-30(9-6-15)10-7-26)23(28-14-27-19)29-18-4-2-3-17(24)22(18)25/h2-4,11-12,14-15H,5-6,8-10,13H2,1H3,(H,27,28,29). The highest BCUT2D eigenvalue weighted by Gasteiger charge is 2.21. The van der Waals surface area contributed by atoms with E-state index in [1.54, 1.807) is 25.3 Å². The summed E-state index contributed by atoms with van der Waals surface area (Å²) in [6.45, 7) is 2.80. The van der Waals surface area contributed by atoms with Gasteiger partial charge in [0.15, 0.2) is 17.3 Å². The zero-order valence-electron chi connectivity index (χ0n) is 17.6. The molecule has 32 heavy (non-hydrogen) atoms. The maximum atomic E-state index is 14.4. The molecule has 2 aromatic carbocycles. The number of nitriles is 1. The molecule has 0 saturated carbocycles. The van der Waals surface area contributed by atoms with Crippen LogP contribution in [0.15, 0.2) is 36.7 Å². The second kappa shape index (κ2) is 9.98. The summed E-state index contributed by atoms with van der Waals surface area (Å²) in [5.41, 5.74) is 0.860. The maximum Gasteiger partial charge on any atom is 0.165 e. The summed E-state index contributed by atoms with van der Waals surface area (Å²) in [5, 5.41) is 12.6. The molecule has 0 amide bonds. The Balaban J connectivity index is 1.56. The van der Waals surface area contributed by atoms with Crippen molar-refractivity contribution in [3.05, 3.63) is 47.5 Å². The van der Waals surface area contributed by atoms with E-state index in [9.17, 15) is 4.39 Å². The van der Waals surface area contributed by atoms with E-state index in [4.69, 9.17) is 26.3 Å². The van der Waals surface area contributed by atoms with Crippen LogP contribution < -0.4 is 14.8 Å². The van der Waals surface area contributed by atoms with Crippen LogP contribution in [0.1, 0.15) is 12.8 Å². The van der Waals surface area contributed by atoms with E-state index in [1.165, 1.54) is 12.4 Å². The molecule has 9 heteroatoms. The van der Waals surface area contributed by atoms with Crippen LogP contribution in [0.3, 0.4) is 0 Å². The van der Waals surface area contributed by atoms with Crippen molar-refractivity contribution < 1.29 is 13.9 Å². The zero-order chi connectivity index (χ0) is 22.5. The van der Waals surface area contributed by atoms with Crippen LogP contribution in [0.2, 0.25) is 5.02 Å². The van der Waals surface area contributed by atoms with Crippen molar-refractivity contribution in [2.75, 3.05) is 38.7 Å². The molecule has 4 rings (SSSR count). The van der Waals surface area contributed by atoms with E-state index in [0.29, 0.717) is 47.3 Å². The average molecular weight is 456 g/mol. The van der Waals surface area contributed by atoms with Crippen LogP contribution in [0.25, 0.3) is 10.9 Å². The molecule has 1 aromatic heterocycles. The summed E-state index contributed by atoms with van der Waals surface area (Å²) in [7, 11) is 1.58. The van der Waals surface area contributed by atoms with Crippen LogP contribution in [0.5, 0.6) is 11.5 Å². The van der Waals surface area contributed by atoms with Crippen LogP contribution in [0, 0.1) is 23.1 Å². The monoisotopic (exact) mass is 455 g/mol. The van der Waals surface area contributed by atoms with Gasteiger partial charge in [0, 0.05) is 11.5 Å². The minimum Gasteiger partial charge on any atom is -0.493 e. The lowest BCUT2D eigenvalue weighted by molar-refractivity contribution is 0.149. The normalized spacial score (nSPS) is 14.8. The highest BCUT2D eigenvalue weighted by molar-refractivity contribution is 6.31. The Morgan fingerprint density at radius 1 is 1.25 bits per heavy atom. The predicted molar refractivity (Wildman–Crippen MR) is 121 cm³/mol. The number of ether oxygens (including phenoxy) is 2. The van der Waals surface area contributed by atoms with E-state index in [2.05, 4.69) is 26.3 Å². The summed E-state index contributed by atoms with van der Waals surface area (Å²) in [4.78, 5) is 10.7. The number of likely N-dealkylation sites (tertiary alicyclic amines) is 1. The summed E-state index contributed by atoms with van der Waals surface area (Å²) >= 11 is 5.90. The third-order valence-electron chi connectivity index (χ3n) is 5.60. The average Bonchev–Trinajstić information content (AvgIpc) is 2.81. The number of piperidine rings is 1. The summed E-state index contributed by atoms with van der Waals surface area (Å²) in [6, 6.07) is 10.5. The van der Waals surface area contributed by atoms with Gasteiger partial charge in [-0.05, 0) is 50.0 Å². The molecule has 1 fully saturated rings. The number of hydrogen-bond donors (Lipinski definition) is 1. The van der Waals surface area contributed by atoms with Crippen LogP contribution >= 0.6 is 11.6 Å². The van der Waals surface area contributed by atoms with Gasteiger partial charge in [0.1, 0.15) is 12.1 Å². The molecule has 3 aromatic rings. The minimum absolute atomic E-state index is 0.0277. The molecule has 1 aliphatic heterocycles. The Bertz CT molecular complexity index is 1150. The molecule has 2 heterocycles. The second-order valence-electron chi connectivity index (χ2n) is 7.66. The lowest BCUT2D eigenvalue weighted by Gasteiger charge is -2.30. The molecule has 166 valence electrons. The molecule has 0 radical (unpaired) electrons. The lowest BCUT2D eigenvalue weighted by atomic mass is 9.98. The minimum atomic E-state index is -0.548. The highest BCUT2D eigenvalue weighted by atomic mass is 35.5. The van der Waals surface area contributed by atoms with E-state index in [0.717, 1.165) is 25.9 Å². The Morgan fingerprint density at radius 2 is 2.06 bits per heavy atom. The SMILES string of the molecule is COc1cc2ncnc(Nc3cccc(Cl)c3F)c2cc1OCC1CCN(CC#N)CC1. The smallest absolute Gasteiger partial charge is 0.165 e. The first kappa shape index (κ1) is 22.1. The Morgan fingerprint density at radius 3 is 2.81 bits per heavy atom. The molecule has 0 unspecified atom stereocenters. The first-order valence-electron chi connectivity index (χ1n) is 10.3. The van der Waals surface area contributed by atoms with E-state index >= 15 is 0 Å². The number of nitrogens with zero attached hydrogens (tertiary/aromatic N) is 4. The predicted octanol–water partition coefficient (Wildman–Crippen LogP) is 4.79. The number of fused-ring (bicyclic) bond motifs is 1. The Kier molecular flexibility index (Phi) is 6.88.